The molecule has 1 unspecified atom stereocenters. The SMILES string of the molecule is CC(O)(C#N)c1ncc2ccccn12. The van der Waals surface area contributed by atoms with Gasteiger partial charge >= 0.3 is 0 Å². The number of aliphatic hydroxyl groups is 1. The summed E-state index contributed by atoms with van der Waals surface area (Å²) < 4.78 is 1.70. The van der Waals surface area contributed by atoms with Crippen LogP contribution < -0.4 is 0 Å². The molecule has 0 aliphatic heterocycles. The van der Waals surface area contributed by atoms with E-state index in [0.29, 0.717) is 5.82 Å². The average Bonchev–Trinajstić information content (AvgIpc) is 2.61. The van der Waals surface area contributed by atoms with E-state index >= 15 is 0 Å². The van der Waals surface area contributed by atoms with E-state index in [1.54, 1.807) is 16.8 Å². The molecule has 1 N–H and O–H groups in total. The zero-order valence-corrected chi connectivity index (χ0v) is 7.68. The van der Waals surface area contributed by atoms with E-state index in [4.69, 9.17) is 5.26 Å². The molecule has 0 bridgehead atoms. The van der Waals surface area contributed by atoms with Crippen LogP contribution in [0.15, 0.2) is 30.6 Å². The molecular formula is C10H9N3O. The minimum absolute atomic E-state index is 0.343. The molecule has 0 aromatic carbocycles. The van der Waals surface area contributed by atoms with Gasteiger partial charge in [-0.25, -0.2) is 4.98 Å². The van der Waals surface area contributed by atoms with Crippen molar-refractivity contribution in [2.24, 2.45) is 0 Å². The molecule has 4 nitrogen and oxygen atoms in total. The Kier molecular flexibility index (Phi) is 1.76. The number of imidazole rings is 1. The van der Waals surface area contributed by atoms with Crippen LogP contribution in [0, 0.1) is 11.3 Å². The molecule has 2 rings (SSSR count). The molecule has 0 fully saturated rings. The number of aromatic nitrogens is 2. The van der Waals surface area contributed by atoms with Crippen molar-refractivity contribution in [2.45, 2.75) is 12.5 Å². The molecule has 0 spiro atoms. The Bertz CT molecular complexity index is 507. The first kappa shape index (κ1) is 8.73. The highest BCUT2D eigenvalue weighted by Crippen LogP contribution is 2.19. The lowest BCUT2D eigenvalue weighted by molar-refractivity contribution is 0.109. The number of rotatable bonds is 1. The van der Waals surface area contributed by atoms with Crippen molar-refractivity contribution >= 4 is 5.52 Å². The number of fused-ring (bicyclic) bond motifs is 1. The predicted octanol–water partition coefficient (Wildman–Crippen LogP) is 1.07. The molecule has 0 amide bonds. The van der Waals surface area contributed by atoms with E-state index in [2.05, 4.69) is 4.98 Å². The largest absolute Gasteiger partial charge is 0.369 e. The molecule has 0 aliphatic carbocycles. The maximum Gasteiger partial charge on any atom is 0.207 e. The second-order valence-corrected chi connectivity index (χ2v) is 3.26. The maximum absolute atomic E-state index is 9.74. The lowest BCUT2D eigenvalue weighted by Gasteiger charge is -2.12. The molecule has 2 aromatic heterocycles. The molecule has 2 aromatic rings. The molecule has 70 valence electrons. The Morgan fingerprint density at radius 3 is 3.07 bits per heavy atom. The van der Waals surface area contributed by atoms with E-state index in [9.17, 15) is 5.11 Å². The van der Waals surface area contributed by atoms with E-state index in [-0.39, 0.29) is 0 Å². The van der Waals surface area contributed by atoms with Gasteiger partial charge in [-0.2, -0.15) is 5.26 Å². The number of pyridine rings is 1. The van der Waals surface area contributed by atoms with Crippen LogP contribution in [0.3, 0.4) is 0 Å². The third-order valence-corrected chi connectivity index (χ3v) is 2.09. The van der Waals surface area contributed by atoms with Crippen molar-refractivity contribution in [3.63, 3.8) is 0 Å². The predicted molar refractivity (Wildman–Crippen MR) is 50.4 cm³/mol. The summed E-state index contributed by atoms with van der Waals surface area (Å²) in [4.78, 5) is 4.03. The normalized spacial score (nSPS) is 14.9. The Hall–Kier alpha value is -1.86. The van der Waals surface area contributed by atoms with Gasteiger partial charge in [-0.1, -0.05) is 6.07 Å². The van der Waals surface area contributed by atoms with Gasteiger partial charge in [0.15, 0.2) is 5.82 Å². The Morgan fingerprint density at radius 1 is 1.57 bits per heavy atom. The van der Waals surface area contributed by atoms with Crippen LogP contribution in [-0.4, -0.2) is 14.5 Å². The average molecular weight is 187 g/mol. The molecule has 0 aliphatic rings. The van der Waals surface area contributed by atoms with Crippen molar-refractivity contribution in [3.8, 4) is 6.07 Å². The minimum Gasteiger partial charge on any atom is -0.369 e. The number of hydrogen-bond acceptors (Lipinski definition) is 3. The summed E-state index contributed by atoms with van der Waals surface area (Å²) >= 11 is 0. The van der Waals surface area contributed by atoms with E-state index in [1.807, 2.05) is 24.3 Å². The van der Waals surface area contributed by atoms with Gasteiger partial charge in [0.05, 0.1) is 11.7 Å². The molecule has 14 heavy (non-hydrogen) atoms. The van der Waals surface area contributed by atoms with Crippen LogP contribution in [-0.2, 0) is 5.60 Å². The lowest BCUT2D eigenvalue weighted by Crippen LogP contribution is -2.21. The van der Waals surface area contributed by atoms with Crippen LogP contribution in [0.1, 0.15) is 12.7 Å². The van der Waals surface area contributed by atoms with Gasteiger partial charge < -0.3 is 9.51 Å². The van der Waals surface area contributed by atoms with Gasteiger partial charge in [0.2, 0.25) is 5.60 Å². The van der Waals surface area contributed by atoms with Crippen LogP contribution >= 0.6 is 0 Å². The fraction of sp³-hybridized carbons (Fsp3) is 0.200. The third kappa shape index (κ3) is 1.15. The van der Waals surface area contributed by atoms with E-state index < -0.39 is 5.60 Å². The topological polar surface area (TPSA) is 61.3 Å². The van der Waals surface area contributed by atoms with Crippen molar-refractivity contribution in [3.05, 3.63) is 36.4 Å². The zero-order chi connectivity index (χ0) is 10.2. The quantitative estimate of drug-likeness (QED) is 0.679. The molecule has 2 heterocycles. The number of nitriles is 1. The van der Waals surface area contributed by atoms with Crippen molar-refractivity contribution in [1.82, 2.24) is 9.38 Å². The summed E-state index contributed by atoms with van der Waals surface area (Å²) in [5, 5.41) is 18.5. The molecule has 4 heteroatoms. The van der Waals surface area contributed by atoms with Gasteiger partial charge in [0, 0.05) is 6.20 Å². The van der Waals surface area contributed by atoms with E-state index in [0.717, 1.165) is 5.52 Å². The minimum atomic E-state index is -1.55. The zero-order valence-electron chi connectivity index (χ0n) is 7.68. The Labute approximate surface area is 81.1 Å². The molecule has 1 atom stereocenters. The van der Waals surface area contributed by atoms with Crippen molar-refractivity contribution < 1.29 is 5.11 Å². The summed E-state index contributed by atoms with van der Waals surface area (Å²) in [6.45, 7) is 1.43. The maximum atomic E-state index is 9.74. The van der Waals surface area contributed by atoms with E-state index in [1.165, 1.54) is 6.92 Å². The standard InChI is InChI=1S/C10H9N3O/c1-10(14,7-11)9-12-6-8-4-2-3-5-13(8)9/h2-6,14H,1H3. The number of nitrogens with zero attached hydrogens (tertiary/aromatic N) is 3. The van der Waals surface area contributed by atoms with Crippen molar-refractivity contribution in [1.29, 1.82) is 5.26 Å². The van der Waals surface area contributed by atoms with Gasteiger partial charge in [-0.15, -0.1) is 0 Å². The van der Waals surface area contributed by atoms with Crippen molar-refractivity contribution in [2.75, 3.05) is 0 Å². The third-order valence-electron chi connectivity index (χ3n) is 2.09. The van der Waals surface area contributed by atoms with Crippen LogP contribution in [0.25, 0.3) is 5.52 Å². The van der Waals surface area contributed by atoms with Gasteiger partial charge in [-0.05, 0) is 19.1 Å². The lowest BCUT2D eigenvalue weighted by atomic mass is 10.1. The monoisotopic (exact) mass is 187 g/mol. The Balaban J connectivity index is 2.72. The highest BCUT2D eigenvalue weighted by atomic mass is 16.3. The Morgan fingerprint density at radius 2 is 2.36 bits per heavy atom. The molecular weight excluding hydrogens is 178 g/mol. The number of hydrogen-bond donors (Lipinski definition) is 1. The highest BCUT2D eigenvalue weighted by Gasteiger charge is 2.27. The van der Waals surface area contributed by atoms with Gasteiger partial charge in [-0.3, -0.25) is 0 Å². The summed E-state index contributed by atoms with van der Waals surface area (Å²) in [5.74, 6) is 0.343. The first-order valence-electron chi connectivity index (χ1n) is 4.21. The van der Waals surface area contributed by atoms with Gasteiger partial charge in [0.25, 0.3) is 0 Å². The summed E-state index contributed by atoms with van der Waals surface area (Å²) in [6, 6.07) is 7.38. The molecule has 0 saturated carbocycles. The first-order chi connectivity index (χ1) is 6.65. The molecule has 0 radical (unpaired) electrons. The first-order valence-corrected chi connectivity index (χ1v) is 4.21. The summed E-state index contributed by atoms with van der Waals surface area (Å²) in [6.07, 6.45) is 3.39. The second kappa shape index (κ2) is 2.82. The smallest absolute Gasteiger partial charge is 0.207 e. The van der Waals surface area contributed by atoms with Crippen LogP contribution in [0.4, 0.5) is 0 Å². The summed E-state index contributed by atoms with van der Waals surface area (Å²) in [7, 11) is 0. The fourth-order valence-corrected chi connectivity index (χ4v) is 1.35. The molecule has 0 saturated heterocycles. The summed E-state index contributed by atoms with van der Waals surface area (Å²) in [5.41, 5.74) is -0.689. The van der Waals surface area contributed by atoms with Crippen LogP contribution in [0.2, 0.25) is 0 Å². The highest BCUT2D eigenvalue weighted by molar-refractivity contribution is 5.46. The van der Waals surface area contributed by atoms with Gasteiger partial charge in [0.1, 0.15) is 6.07 Å². The second-order valence-electron chi connectivity index (χ2n) is 3.26. The fourth-order valence-electron chi connectivity index (χ4n) is 1.35. The van der Waals surface area contributed by atoms with Crippen LogP contribution in [0.5, 0.6) is 0 Å².